The number of imide groups is 1. The minimum Gasteiger partial charge on any atom is -0.463 e. The number of esters is 4. The predicted molar refractivity (Wildman–Crippen MR) is 178 cm³/mol. The maximum Gasteiger partial charge on any atom is 0.303 e. The second-order valence-electron chi connectivity index (χ2n) is 12.0. The summed E-state index contributed by atoms with van der Waals surface area (Å²) in [5.74, 6) is -4.00. The van der Waals surface area contributed by atoms with Gasteiger partial charge in [-0.25, -0.2) is 4.98 Å². The van der Waals surface area contributed by atoms with Gasteiger partial charge in [0.25, 0.3) is 11.8 Å². The topological polar surface area (TPSA) is 185 Å². The molecule has 16 heteroatoms. The van der Waals surface area contributed by atoms with E-state index < -0.39 is 72.9 Å². The third-order valence-corrected chi connectivity index (χ3v) is 9.27. The number of hydrogen-bond donors (Lipinski definition) is 1. The third kappa shape index (κ3) is 5.17. The van der Waals surface area contributed by atoms with E-state index in [1.165, 1.54) is 14.0 Å². The number of ether oxygens (including phenoxy) is 5. The van der Waals surface area contributed by atoms with E-state index in [1.807, 2.05) is 0 Å². The summed E-state index contributed by atoms with van der Waals surface area (Å²) in [4.78, 5) is 86.2. The molecule has 1 saturated heterocycles. The Bertz CT molecular complexity index is 2330. The number of carbonyl (C=O) groups is 6. The van der Waals surface area contributed by atoms with Gasteiger partial charge in [-0.1, -0.05) is 15.9 Å². The first-order valence-corrected chi connectivity index (χ1v) is 16.3. The summed E-state index contributed by atoms with van der Waals surface area (Å²) in [6.45, 7) is 4.19. The molecule has 1 fully saturated rings. The van der Waals surface area contributed by atoms with Crippen LogP contribution in [0, 0.1) is 0 Å². The van der Waals surface area contributed by atoms with Crippen molar-refractivity contribution in [1.82, 2.24) is 19.4 Å². The molecule has 7 rings (SSSR count). The highest BCUT2D eigenvalue weighted by Gasteiger charge is 2.54. The van der Waals surface area contributed by atoms with Crippen molar-refractivity contribution < 1.29 is 52.5 Å². The quantitative estimate of drug-likeness (QED) is 0.149. The summed E-state index contributed by atoms with van der Waals surface area (Å²) in [5.41, 5.74) is 2.05. The van der Waals surface area contributed by atoms with Crippen molar-refractivity contribution in [3.8, 4) is 0 Å². The van der Waals surface area contributed by atoms with Crippen molar-refractivity contribution in [3.05, 3.63) is 52.1 Å². The Kier molecular flexibility index (Phi) is 8.10. The molecule has 0 saturated carbocycles. The fraction of sp³-hybridized carbons (Fsp3) is 0.324. The lowest BCUT2D eigenvalue weighted by Gasteiger charge is -2.45. The van der Waals surface area contributed by atoms with E-state index in [0.29, 0.717) is 48.2 Å². The van der Waals surface area contributed by atoms with Gasteiger partial charge < -0.3 is 33.2 Å². The number of rotatable bonds is 6. The summed E-state index contributed by atoms with van der Waals surface area (Å²) in [6, 6.07) is 8.77. The van der Waals surface area contributed by atoms with E-state index in [-0.39, 0.29) is 11.1 Å². The minimum absolute atomic E-state index is 0.150. The maximum atomic E-state index is 14.0. The van der Waals surface area contributed by atoms with E-state index >= 15 is 0 Å². The second kappa shape index (κ2) is 12.2. The number of aromatic amines is 1. The Hall–Kier alpha value is -5.35. The van der Waals surface area contributed by atoms with E-state index in [9.17, 15) is 28.8 Å². The maximum absolute atomic E-state index is 14.0. The lowest BCUT2D eigenvalue weighted by atomic mass is 9.96. The molecule has 5 aromatic rings. The van der Waals surface area contributed by atoms with E-state index in [2.05, 4.69) is 25.9 Å². The van der Waals surface area contributed by atoms with Crippen LogP contribution >= 0.6 is 15.9 Å². The van der Waals surface area contributed by atoms with E-state index in [4.69, 9.17) is 23.7 Å². The fourth-order valence-electron chi connectivity index (χ4n) is 7.03. The van der Waals surface area contributed by atoms with Gasteiger partial charge in [-0.3, -0.25) is 33.7 Å². The van der Waals surface area contributed by atoms with Crippen LogP contribution in [-0.2, 0) is 42.9 Å². The van der Waals surface area contributed by atoms with Crippen LogP contribution in [0.4, 0.5) is 0 Å². The number of aromatic nitrogens is 3. The van der Waals surface area contributed by atoms with Crippen molar-refractivity contribution in [2.75, 3.05) is 13.7 Å². The minimum atomic E-state index is -1.46. The molecular formula is C34H29BrN4O11. The number of hydrogen-bond acceptors (Lipinski definition) is 12. The van der Waals surface area contributed by atoms with Gasteiger partial charge in [-0.05, 0) is 30.3 Å². The summed E-state index contributed by atoms with van der Waals surface area (Å²) in [7, 11) is 1.41. The van der Waals surface area contributed by atoms with Crippen LogP contribution in [0.3, 0.4) is 0 Å². The molecule has 3 aromatic heterocycles. The van der Waals surface area contributed by atoms with Gasteiger partial charge in [-0.15, -0.1) is 0 Å². The van der Waals surface area contributed by atoms with Crippen LogP contribution in [0.15, 0.2) is 41.0 Å². The van der Waals surface area contributed by atoms with Crippen LogP contribution in [0.2, 0.25) is 0 Å². The van der Waals surface area contributed by atoms with Crippen molar-refractivity contribution in [2.45, 2.75) is 58.3 Å². The number of carbonyl (C=O) groups excluding carboxylic acids is 6. The molecule has 1 N–H and O–H groups in total. The van der Waals surface area contributed by atoms with Crippen molar-refractivity contribution >= 4 is 95.4 Å². The molecule has 0 spiro atoms. The molecule has 0 radical (unpaired) electrons. The first-order chi connectivity index (χ1) is 23.8. The van der Waals surface area contributed by atoms with E-state index in [1.54, 1.807) is 41.1 Å². The monoisotopic (exact) mass is 748 g/mol. The second-order valence-corrected chi connectivity index (χ2v) is 13.0. The van der Waals surface area contributed by atoms with Gasteiger partial charge in [0, 0.05) is 67.0 Å². The molecule has 15 nitrogen and oxygen atoms in total. The molecule has 5 atom stereocenters. The molecule has 0 bridgehead atoms. The summed E-state index contributed by atoms with van der Waals surface area (Å²) in [5, 5.41) is 1.94. The molecular weight excluding hydrogens is 720 g/mol. The SMILES string of the molecule is CC(=O)OC[C@H]1O[C@@H](n2c3ccc(Br)cc3c3c4c(c5c6cccnc6[nH]c5c32)C(=O)N(C)C4=O)[C@H](OC(C)=O)[C@@H](OC(C)=O)[C@@H]1OC(C)=O. The van der Waals surface area contributed by atoms with Gasteiger partial charge in [0.05, 0.1) is 27.7 Å². The average molecular weight is 750 g/mol. The Morgan fingerprint density at radius 1 is 0.860 bits per heavy atom. The van der Waals surface area contributed by atoms with Crippen LogP contribution in [-0.4, -0.2) is 93.2 Å². The number of nitrogens with one attached hydrogen (secondary N) is 1. The largest absolute Gasteiger partial charge is 0.463 e. The normalized spacial score (nSPS) is 22.0. The third-order valence-electron chi connectivity index (χ3n) is 8.78. The molecule has 2 aromatic carbocycles. The number of fused-ring (bicyclic) bond motifs is 10. The van der Waals surface area contributed by atoms with Crippen LogP contribution in [0.25, 0.3) is 43.7 Å². The molecule has 50 heavy (non-hydrogen) atoms. The number of benzene rings is 2. The zero-order valence-electron chi connectivity index (χ0n) is 27.3. The zero-order valence-corrected chi connectivity index (χ0v) is 28.9. The highest BCUT2D eigenvalue weighted by molar-refractivity contribution is 9.10. The molecule has 258 valence electrons. The Morgan fingerprint density at radius 2 is 1.50 bits per heavy atom. The summed E-state index contributed by atoms with van der Waals surface area (Å²) in [6.07, 6.45) is -5.31. The molecule has 0 unspecified atom stereocenters. The number of nitrogens with zero attached hydrogens (tertiary/aromatic N) is 3. The van der Waals surface area contributed by atoms with Gasteiger partial charge >= 0.3 is 23.9 Å². The summed E-state index contributed by atoms with van der Waals surface area (Å²) >= 11 is 3.53. The van der Waals surface area contributed by atoms with Crippen LogP contribution < -0.4 is 0 Å². The first kappa shape index (κ1) is 33.2. The number of amides is 2. The van der Waals surface area contributed by atoms with Crippen LogP contribution in [0.1, 0.15) is 54.6 Å². The highest BCUT2D eigenvalue weighted by Crippen LogP contribution is 2.48. The molecule has 0 aliphatic carbocycles. The first-order valence-electron chi connectivity index (χ1n) is 15.5. The van der Waals surface area contributed by atoms with Crippen molar-refractivity contribution in [2.24, 2.45) is 0 Å². The lowest BCUT2D eigenvalue weighted by molar-refractivity contribution is -0.267. The van der Waals surface area contributed by atoms with Gasteiger partial charge in [0.1, 0.15) is 18.4 Å². The number of pyridine rings is 1. The predicted octanol–water partition coefficient (Wildman–Crippen LogP) is 4.07. The standard InChI is InChI=1S/C34H29BrN4O11/c1-13(40)46-12-21-28(47-14(2)41)29(48-15(3)42)30(49-16(4)43)34(50-21)39-20-9-8-17(35)11-19(20)23-25-24(32(44)38(5)33(25)45)22-18-7-6-10-36-31(18)37-26(22)27(23)39/h6-11,21,28-30,34H,12H2,1-5H3,(H,36,37)/t21-,28-,29+,30-,34-/m1/s1. The molecule has 2 amide bonds. The smallest absolute Gasteiger partial charge is 0.303 e. The number of H-pyrrole nitrogens is 1. The van der Waals surface area contributed by atoms with Gasteiger partial charge in [-0.2, -0.15) is 0 Å². The van der Waals surface area contributed by atoms with Crippen molar-refractivity contribution in [1.29, 1.82) is 0 Å². The Balaban J connectivity index is 1.62. The van der Waals surface area contributed by atoms with E-state index in [0.717, 1.165) is 25.7 Å². The molecule has 2 aliphatic rings. The summed E-state index contributed by atoms with van der Waals surface area (Å²) < 4.78 is 31.4. The average Bonchev–Trinajstić information content (AvgIpc) is 3.66. The zero-order chi connectivity index (χ0) is 35.8. The van der Waals surface area contributed by atoms with Gasteiger partial charge in [0.15, 0.2) is 24.5 Å². The van der Waals surface area contributed by atoms with Crippen molar-refractivity contribution in [3.63, 3.8) is 0 Å². The fourth-order valence-corrected chi connectivity index (χ4v) is 7.39. The van der Waals surface area contributed by atoms with Crippen LogP contribution in [0.5, 0.6) is 0 Å². The Labute approximate surface area is 290 Å². The highest BCUT2D eigenvalue weighted by atomic mass is 79.9. The molecule has 5 heterocycles. The van der Waals surface area contributed by atoms with Gasteiger partial charge in [0.2, 0.25) is 0 Å². The Morgan fingerprint density at radius 3 is 2.16 bits per heavy atom. The molecule has 2 aliphatic heterocycles. The number of halogens is 1. The lowest BCUT2D eigenvalue weighted by Crippen LogP contribution is -2.60.